The van der Waals surface area contributed by atoms with Gasteiger partial charge in [-0.05, 0) is 58.2 Å². The molecule has 1 saturated heterocycles. The fourth-order valence-corrected chi connectivity index (χ4v) is 5.71. The van der Waals surface area contributed by atoms with Crippen molar-refractivity contribution >= 4 is 51.0 Å². The number of hydrogen-bond donors (Lipinski definition) is 1. The van der Waals surface area contributed by atoms with E-state index in [1.165, 1.54) is 17.1 Å². The fourth-order valence-electron chi connectivity index (χ4n) is 2.26. The molecule has 1 amide bonds. The smallest absolute Gasteiger partial charge is 0.255 e. The summed E-state index contributed by atoms with van der Waals surface area (Å²) in [4.78, 5) is 12.3. The third kappa shape index (κ3) is 3.70. The zero-order chi connectivity index (χ0) is 15.5. The van der Waals surface area contributed by atoms with E-state index in [-0.39, 0.29) is 5.91 Å². The van der Waals surface area contributed by atoms with Gasteiger partial charge in [-0.25, -0.2) is 0 Å². The van der Waals surface area contributed by atoms with Gasteiger partial charge >= 0.3 is 0 Å². The highest BCUT2D eigenvalue weighted by atomic mass is 79.9. The number of hydrogen-bond acceptors (Lipinski definition) is 3. The molecule has 22 heavy (non-hydrogen) atoms. The number of thioether (sulfide) groups is 2. The highest BCUT2D eigenvalue weighted by Crippen LogP contribution is 2.45. The molecular formula is C17H16BrNOS2. The van der Waals surface area contributed by atoms with E-state index in [0.717, 1.165) is 15.7 Å². The third-order valence-corrected chi connectivity index (χ3v) is 7.20. The van der Waals surface area contributed by atoms with Crippen molar-refractivity contribution in [1.29, 1.82) is 0 Å². The van der Waals surface area contributed by atoms with Crippen molar-refractivity contribution in [3.05, 3.63) is 63.6 Å². The number of amides is 1. The van der Waals surface area contributed by atoms with Crippen LogP contribution in [-0.2, 0) is 0 Å². The topological polar surface area (TPSA) is 29.1 Å². The van der Waals surface area contributed by atoms with Crippen LogP contribution >= 0.6 is 39.5 Å². The molecule has 0 aromatic heterocycles. The van der Waals surface area contributed by atoms with Crippen molar-refractivity contribution in [3.8, 4) is 0 Å². The molecule has 0 atom stereocenters. The first-order valence-electron chi connectivity index (χ1n) is 7.04. The highest BCUT2D eigenvalue weighted by molar-refractivity contribution is 9.10. The quantitative estimate of drug-likeness (QED) is 0.747. The standard InChI is InChI=1S/C17H16BrNOS2/c1-11-2-7-15(14(18)10-11)19-16(20)12-3-5-13(6-4-12)17-21-8-9-22-17/h2-7,10,17H,8-9H2,1H3,(H,19,20). The van der Waals surface area contributed by atoms with Crippen LogP contribution in [0.3, 0.4) is 0 Å². The first-order valence-corrected chi connectivity index (χ1v) is 9.93. The van der Waals surface area contributed by atoms with Gasteiger partial charge in [-0.2, -0.15) is 0 Å². The van der Waals surface area contributed by atoms with Gasteiger partial charge in [0.05, 0.1) is 10.3 Å². The minimum atomic E-state index is -0.0807. The summed E-state index contributed by atoms with van der Waals surface area (Å²) in [5, 5.41) is 2.95. The molecule has 2 aromatic rings. The Morgan fingerprint density at radius 1 is 1.14 bits per heavy atom. The lowest BCUT2D eigenvalue weighted by Gasteiger charge is -2.10. The van der Waals surface area contributed by atoms with E-state index in [4.69, 9.17) is 0 Å². The van der Waals surface area contributed by atoms with E-state index >= 15 is 0 Å². The zero-order valence-electron chi connectivity index (χ0n) is 12.1. The largest absolute Gasteiger partial charge is 0.321 e. The van der Waals surface area contributed by atoms with E-state index in [1.54, 1.807) is 0 Å². The highest BCUT2D eigenvalue weighted by Gasteiger charge is 2.18. The lowest BCUT2D eigenvalue weighted by molar-refractivity contribution is 0.102. The number of carbonyl (C=O) groups is 1. The van der Waals surface area contributed by atoms with Crippen molar-refractivity contribution in [2.75, 3.05) is 16.8 Å². The monoisotopic (exact) mass is 393 g/mol. The van der Waals surface area contributed by atoms with Crippen LogP contribution in [0.15, 0.2) is 46.9 Å². The number of benzene rings is 2. The molecule has 1 fully saturated rings. The number of anilines is 1. The van der Waals surface area contributed by atoms with Crippen LogP contribution in [0.25, 0.3) is 0 Å². The van der Waals surface area contributed by atoms with Gasteiger partial charge in [0.2, 0.25) is 0 Å². The van der Waals surface area contributed by atoms with E-state index < -0.39 is 0 Å². The minimum absolute atomic E-state index is 0.0807. The summed E-state index contributed by atoms with van der Waals surface area (Å²) >= 11 is 7.43. The van der Waals surface area contributed by atoms with Crippen molar-refractivity contribution in [2.24, 2.45) is 0 Å². The predicted molar refractivity (Wildman–Crippen MR) is 101 cm³/mol. The molecule has 114 valence electrons. The summed E-state index contributed by atoms with van der Waals surface area (Å²) in [6, 6.07) is 13.8. The van der Waals surface area contributed by atoms with Crippen molar-refractivity contribution in [2.45, 2.75) is 11.5 Å². The van der Waals surface area contributed by atoms with Crippen LogP contribution in [0, 0.1) is 6.92 Å². The molecule has 0 radical (unpaired) electrons. The molecule has 3 rings (SSSR count). The van der Waals surface area contributed by atoms with Crippen molar-refractivity contribution < 1.29 is 4.79 Å². The van der Waals surface area contributed by atoms with Gasteiger partial charge in [-0.1, -0.05) is 18.2 Å². The molecule has 0 spiro atoms. The second-order valence-electron chi connectivity index (χ2n) is 5.13. The second kappa shape index (κ2) is 7.11. The number of carbonyl (C=O) groups excluding carboxylic acids is 1. The Morgan fingerprint density at radius 3 is 2.45 bits per heavy atom. The average Bonchev–Trinajstić information content (AvgIpc) is 3.04. The van der Waals surface area contributed by atoms with Gasteiger partial charge in [0.15, 0.2) is 0 Å². The Kier molecular flexibility index (Phi) is 5.16. The average molecular weight is 394 g/mol. The maximum absolute atomic E-state index is 12.3. The molecule has 1 aliphatic heterocycles. The van der Waals surface area contributed by atoms with Gasteiger partial charge in [-0.15, -0.1) is 23.5 Å². The molecular weight excluding hydrogens is 378 g/mol. The molecule has 2 aromatic carbocycles. The van der Waals surface area contributed by atoms with Crippen LogP contribution in [0.4, 0.5) is 5.69 Å². The van der Waals surface area contributed by atoms with Gasteiger partial charge in [-0.3, -0.25) is 4.79 Å². The lowest BCUT2D eigenvalue weighted by Crippen LogP contribution is -2.12. The zero-order valence-corrected chi connectivity index (χ0v) is 15.4. The van der Waals surface area contributed by atoms with Gasteiger partial charge in [0.1, 0.15) is 0 Å². The fraction of sp³-hybridized carbons (Fsp3) is 0.235. The first-order chi connectivity index (χ1) is 10.6. The molecule has 0 saturated carbocycles. The van der Waals surface area contributed by atoms with E-state index in [2.05, 4.69) is 33.4 Å². The molecule has 1 N–H and O–H groups in total. The summed E-state index contributed by atoms with van der Waals surface area (Å²) in [5.74, 6) is 2.33. The summed E-state index contributed by atoms with van der Waals surface area (Å²) < 4.78 is 1.42. The predicted octanol–water partition coefficient (Wildman–Crippen LogP) is 5.49. The molecule has 1 aliphatic rings. The molecule has 1 heterocycles. The summed E-state index contributed by atoms with van der Waals surface area (Å²) in [7, 11) is 0. The SMILES string of the molecule is Cc1ccc(NC(=O)c2ccc(C3SCCS3)cc2)c(Br)c1. The number of nitrogens with one attached hydrogen (secondary N) is 1. The van der Waals surface area contributed by atoms with Crippen molar-refractivity contribution in [3.63, 3.8) is 0 Å². The Morgan fingerprint density at radius 2 is 1.82 bits per heavy atom. The number of halogens is 1. The lowest BCUT2D eigenvalue weighted by atomic mass is 10.1. The molecule has 5 heteroatoms. The van der Waals surface area contributed by atoms with E-state index in [0.29, 0.717) is 10.1 Å². The first kappa shape index (κ1) is 16.0. The molecule has 0 unspecified atom stereocenters. The Labute approximate surface area is 147 Å². The maximum atomic E-state index is 12.3. The van der Waals surface area contributed by atoms with E-state index in [9.17, 15) is 4.79 Å². The summed E-state index contributed by atoms with van der Waals surface area (Å²) in [6.07, 6.45) is 0. The summed E-state index contributed by atoms with van der Waals surface area (Å²) in [6.45, 7) is 2.02. The van der Waals surface area contributed by atoms with Gasteiger partial charge in [0.25, 0.3) is 5.91 Å². The van der Waals surface area contributed by atoms with Gasteiger partial charge < -0.3 is 5.32 Å². The maximum Gasteiger partial charge on any atom is 0.255 e. The van der Waals surface area contributed by atoms with E-state index in [1.807, 2.05) is 60.8 Å². The van der Waals surface area contributed by atoms with Crippen LogP contribution in [0.5, 0.6) is 0 Å². The number of aryl methyl sites for hydroxylation is 1. The Hall–Kier alpha value is -0.910. The minimum Gasteiger partial charge on any atom is -0.321 e. The molecule has 0 aliphatic carbocycles. The second-order valence-corrected chi connectivity index (χ2v) is 8.71. The normalized spacial score (nSPS) is 15.0. The van der Waals surface area contributed by atoms with Crippen LogP contribution in [0.2, 0.25) is 0 Å². The third-order valence-electron chi connectivity index (χ3n) is 3.44. The Bertz CT molecular complexity index is 682. The Balaban J connectivity index is 1.71. The number of rotatable bonds is 3. The van der Waals surface area contributed by atoms with Crippen LogP contribution in [-0.4, -0.2) is 17.4 Å². The van der Waals surface area contributed by atoms with Gasteiger partial charge in [0, 0.05) is 21.5 Å². The molecule has 0 bridgehead atoms. The van der Waals surface area contributed by atoms with Crippen molar-refractivity contribution in [1.82, 2.24) is 0 Å². The molecule has 2 nitrogen and oxygen atoms in total. The van der Waals surface area contributed by atoms with Crippen LogP contribution in [0.1, 0.15) is 26.1 Å². The summed E-state index contributed by atoms with van der Waals surface area (Å²) in [5.41, 5.74) is 3.92. The van der Waals surface area contributed by atoms with Crippen LogP contribution < -0.4 is 5.32 Å².